The number of nitrogens with one attached hydrogen (secondary N) is 2. The van der Waals surface area contributed by atoms with Crippen molar-refractivity contribution < 1.29 is 13.9 Å². The number of ether oxygens (including phenoxy) is 1. The van der Waals surface area contributed by atoms with Crippen molar-refractivity contribution in [2.75, 3.05) is 13.7 Å². The summed E-state index contributed by atoms with van der Waals surface area (Å²) in [6.07, 6.45) is 2.24. The van der Waals surface area contributed by atoms with Crippen LogP contribution >= 0.6 is 0 Å². The highest BCUT2D eigenvalue weighted by atomic mass is 19.1. The number of hydrogen-bond acceptors (Lipinski definition) is 4. The van der Waals surface area contributed by atoms with Gasteiger partial charge in [0.2, 0.25) is 5.95 Å². The quantitative estimate of drug-likeness (QED) is 0.730. The Hall–Kier alpha value is -2.47. The Bertz CT molecular complexity index is 692. The molecule has 0 aliphatic rings. The second-order valence-electron chi connectivity index (χ2n) is 5.38. The van der Waals surface area contributed by atoms with E-state index in [1.165, 1.54) is 13.3 Å². The molecule has 0 unspecified atom stereocenters. The van der Waals surface area contributed by atoms with E-state index in [0.29, 0.717) is 36.5 Å². The molecule has 0 aliphatic heterocycles. The van der Waals surface area contributed by atoms with Gasteiger partial charge in [0.05, 0.1) is 13.3 Å². The molecule has 0 saturated carbocycles. The van der Waals surface area contributed by atoms with Gasteiger partial charge in [-0.05, 0) is 30.2 Å². The molecule has 1 heterocycles. The fourth-order valence-electron chi connectivity index (χ4n) is 2.21. The molecule has 0 radical (unpaired) electrons. The van der Waals surface area contributed by atoms with E-state index in [1.54, 1.807) is 12.1 Å². The summed E-state index contributed by atoms with van der Waals surface area (Å²) < 4.78 is 18.7. The van der Waals surface area contributed by atoms with Gasteiger partial charge >= 0.3 is 0 Å². The number of nitrogens with zero attached hydrogens (tertiary/aromatic N) is 1. The van der Waals surface area contributed by atoms with Crippen LogP contribution in [0.3, 0.4) is 0 Å². The zero-order valence-corrected chi connectivity index (χ0v) is 13.9. The maximum Gasteiger partial charge on any atom is 0.251 e. The van der Waals surface area contributed by atoms with Crippen molar-refractivity contribution >= 4 is 5.91 Å². The lowest BCUT2D eigenvalue weighted by Gasteiger charge is -2.09. The van der Waals surface area contributed by atoms with Gasteiger partial charge in [0, 0.05) is 30.8 Å². The van der Waals surface area contributed by atoms with Crippen molar-refractivity contribution in [1.82, 2.24) is 15.6 Å². The van der Waals surface area contributed by atoms with Crippen LogP contribution in [-0.4, -0.2) is 24.5 Å². The largest absolute Gasteiger partial charge is 0.495 e. The van der Waals surface area contributed by atoms with Gasteiger partial charge in [-0.3, -0.25) is 4.79 Å². The van der Waals surface area contributed by atoms with Crippen molar-refractivity contribution in [1.29, 1.82) is 0 Å². The summed E-state index contributed by atoms with van der Waals surface area (Å²) in [5.41, 5.74) is 2.01. The molecular formula is C18H22FN3O2. The molecule has 128 valence electrons. The zero-order valence-electron chi connectivity index (χ0n) is 13.9. The fourth-order valence-corrected chi connectivity index (χ4v) is 2.21. The predicted molar refractivity (Wildman–Crippen MR) is 90.4 cm³/mol. The highest BCUT2D eigenvalue weighted by Crippen LogP contribution is 2.14. The number of methoxy groups -OCH3 is 1. The summed E-state index contributed by atoms with van der Waals surface area (Å²) >= 11 is 0. The molecule has 2 rings (SSSR count). The van der Waals surface area contributed by atoms with Crippen molar-refractivity contribution in [3.63, 3.8) is 0 Å². The molecule has 2 N–H and O–H groups in total. The minimum atomic E-state index is -0.518. The second kappa shape index (κ2) is 8.98. The third-order valence-corrected chi connectivity index (χ3v) is 3.49. The van der Waals surface area contributed by atoms with Crippen molar-refractivity contribution in [2.45, 2.75) is 26.4 Å². The topological polar surface area (TPSA) is 63.2 Å². The van der Waals surface area contributed by atoms with E-state index >= 15 is 0 Å². The standard InChI is InChI=1S/C18H22FN3O2/c1-3-7-21-18(23)14-6-4-5-13(8-14)10-20-11-15-9-16(24-2)12-22-17(15)19/h4-6,8-9,12,20H,3,7,10-11H2,1-2H3,(H,21,23). The van der Waals surface area contributed by atoms with E-state index < -0.39 is 5.95 Å². The number of benzene rings is 1. The molecule has 0 bridgehead atoms. The van der Waals surface area contributed by atoms with Gasteiger partial charge < -0.3 is 15.4 Å². The number of amides is 1. The molecule has 2 aromatic rings. The first kappa shape index (κ1) is 17.9. The van der Waals surface area contributed by atoms with Gasteiger partial charge in [0.25, 0.3) is 5.91 Å². The Morgan fingerprint density at radius 1 is 1.29 bits per heavy atom. The second-order valence-corrected chi connectivity index (χ2v) is 5.38. The van der Waals surface area contributed by atoms with Crippen LogP contribution in [0.5, 0.6) is 5.75 Å². The van der Waals surface area contributed by atoms with Crippen LogP contribution in [0.25, 0.3) is 0 Å². The zero-order chi connectivity index (χ0) is 17.4. The number of pyridine rings is 1. The molecule has 0 spiro atoms. The molecule has 6 heteroatoms. The number of carbonyl (C=O) groups is 1. The molecule has 0 atom stereocenters. The van der Waals surface area contributed by atoms with Crippen molar-refractivity contribution in [2.24, 2.45) is 0 Å². The van der Waals surface area contributed by atoms with Gasteiger partial charge in [0.1, 0.15) is 5.75 Å². The molecule has 1 aromatic carbocycles. The van der Waals surface area contributed by atoms with Gasteiger partial charge in [-0.15, -0.1) is 0 Å². The first-order valence-electron chi connectivity index (χ1n) is 7.90. The summed E-state index contributed by atoms with van der Waals surface area (Å²) in [7, 11) is 1.52. The lowest BCUT2D eigenvalue weighted by molar-refractivity contribution is 0.0953. The third-order valence-electron chi connectivity index (χ3n) is 3.49. The lowest BCUT2D eigenvalue weighted by atomic mass is 10.1. The molecule has 0 aliphatic carbocycles. The van der Waals surface area contributed by atoms with E-state index in [1.807, 2.05) is 25.1 Å². The van der Waals surface area contributed by atoms with Gasteiger partial charge in [-0.25, -0.2) is 4.98 Å². The number of aromatic nitrogens is 1. The Labute approximate surface area is 141 Å². The number of halogens is 1. The highest BCUT2D eigenvalue weighted by Gasteiger charge is 2.07. The molecule has 1 aromatic heterocycles. The maximum atomic E-state index is 13.7. The minimum absolute atomic E-state index is 0.0817. The Morgan fingerprint density at radius 3 is 2.88 bits per heavy atom. The van der Waals surface area contributed by atoms with E-state index in [-0.39, 0.29) is 5.91 Å². The number of rotatable bonds is 8. The van der Waals surface area contributed by atoms with Crippen LogP contribution in [0.1, 0.15) is 34.8 Å². The lowest BCUT2D eigenvalue weighted by Crippen LogP contribution is -2.24. The predicted octanol–water partition coefficient (Wildman–Crippen LogP) is 2.66. The number of hydrogen-bond donors (Lipinski definition) is 2. The van der Waals surface area contributed by atoms with E-state index in [4.69, 9.17) is 4.74 Å². The molecule has 24 heavy (non-hydrogen) atoms. The molecule has 5 nitrogen and oxygen atoms in total. The maximum absolute atomic E-state index is 13.7. The van der Waals surface area contributed by atoms with Gasteiger partial charge in [-0.2, -0.15) is 4.39 Å². The third kappa shape index (κ3) is 5.03. The summed E-state index contributed by atoms with van der Waals surface area (Å²) in [4.78, 5) is 15.6. The van der Waals surface area contributed by atoms with E-state index in [9.17, 15) is 9.18 Å². The first-order chi connectivity index (χ1) is 11.6. The summed E-state index contributed by atoms with van der Waals surface area (Å²) in [5.74, 6) is -0.0828. The monoisotopic (exact) mass is 331 g/mol. The summed E-state index contributed by atoms with van der Waals surface area (Å²) in [6.45, 7) is 3.50. The average Bonchev–Trinajstić information content (AvgIpc) is 2.61. The van der Waals surface area contributed by atoms with E-state index in [0.717, 1.165) is 12.0 Å². The summed E-state index contributed by atoms with van der Waals surface area (Å²) in [6, 6.07) is 8.98. The summed E-state index contributed by atoms with van der Waals surface area (Å²) in [5, 5.41) is 6.00. The Balaban J connectivity index is 1.94. The molecule has 0 saturated heterocycles. The SMILES string of the molecule is CCCNC(=O)c1cccc(CNCc2cc(OC)cnc2F)c1. The van der Waals surface area contributed by atoms with Gasteiger partial charge in [0.15, 0.2) is 0 Å². The van der Waals surface area contributed by atoms with Gasteiger partial charge in [-0.1, -0.05) is 19.1 Å². The molecular weight excluding hydrogens is 309 g/mol. The van der Waals surface area contributed by atoms with Crippen LogP contribution in [0.4, 0.5) is 4.39 Å². The molecule has 0 fully saturated rings. The smallest absolute Gasteiger partial charge is 0.251 e. The Morgan fingerprint density at radius 2 is 2.12 bits per heavy atom. The highest BCUT2D eigenvalue weighted by molar-refractivity contribution is 5.94. The van der Waals surface area contributed by atoms with Crippen molar-refractivity contribution in [3.05, 3.63) is 59.2 Å². The van der Waals surface area contributed by atoms with Crippen LogP contribution < -0.4 is 15.4 Å². The van der Waals surface area contributed by atoms with Crippen LogP contribution in [0, 0.1) is 5.95 Å². The average molecular weight is 331 g/mol. The fraction of sp³-hybridized carbons (Fsp3) is 0.333. The van der Waals surface area contributed by atoms with Crippen molar-refractivity contribution in [3.8, 4) is 5.75 Å². The van der Waals surface area contributed by atoms with Crippen LogP contribution in [0.2, 0.25) is 0 Å². The van der Waals surface area contributed by atoms with Crippen LogP contribution in [0.15, 0.2) is 36.5 Å². The number of carbonyl (C=O) groups excluding carboxylic acids is 1. The van der Waals surface area contributed by atoms with E-state index in [2.05, 4.69) is 15.6 Å². The molecule has 1 amide bonds. The minimum Gasteiger partial charge on any atom is -0.495 e. The van der Waals surface area contributed by atoms with Crippen LogP contribution in [-0.2, 0) is 13.1 Å². The normalized spacial score (nSPS) is 10.5. The Kier molecular flexibility index (Phi) is 6.69. The first-order valence-corrected chi connectivity index (χ1v) is 7.90.